The van der Waals surface area contributed by atoms with Crippen molar-refractivity contribution in [3.8, 4) is 0 Å². The number of nitrogens with zero attached hydrogens (tertiary/aromatic N) is 1. The fourth-order valence-electron chi connectivity index (χ4n) is 0.615. The van der Waals surface area contributed by atoms with Crippen molar-refractivity contribution >= 4 is 6.29 Å². The molecule has 0 atom stereocenters. The van der Waals surface area contributed by atoms with Crippen LogP contribution in [0.15, 0.2) is 24.5 Å². The largest absolute Gasteiger partial charge is 0.412 e. The van der Waals surface area contributed by atoms with Crippen LogP contribution in [0.5, 0.6) is 0 Å². The van der Waals surface area contributed by atoms with Gasteiger partial charge in [0.1, 0.15) is 6.29 Å². The summed E-state index contributed by atoms with van der Waals surface area (Å²) in [5.41, 5.74) is 1.01. The van der Waals surface area contributed by atoms with Crippen molar-refractivity contribution in [1.82, 2.24) is 4.98 Å². The van der Waals surface area contributed by atoms with Crippen molar-refractivity contribution in [3.05, 3.63) is 30.1 Å². The fraction of sp³-hybridized carbons (Fsp3) is 0.143. The van der Waals surface area contributed by atoms with Crippen LogP contribution >= 0.6 is 0 Å². The molecule has 0 aliphatic rings. The van der Waals surface area contributed by atoms with Gasteiger partial charge >= 0.3 is 0 Å². The molecule has 0 aliphatic carbocycles. The third-order valence-corrected chi connectivity index (χ3v) is 1.07. The Morgan fingerprint density at radius 3 is 2.50 bits per heavy atom. The van der Waals surface area contributed by atoms with Gasteiger partial charge in [-0.15, -0.1) is 0 Å². The maximum absolute atomic E-state index is 9.95. The second kappa shape index (κ2) is 4.64. The Balaban J connectivity index is 0.000000810. The Morgan fingerprint density at radius 1 is 1.40 bits per heavy atom. The van der Waals surface area contributed by atoms with Crippen LogP contribution in [0.3, 0.4) is 0 Å². The summed E-state index contributed by atoms with van der Waals surface area (Å²) >= 11 is 0. The van der Waals surface area contributed by atoms with Gasteiger partial charge in [0.15, 0.2) is 0 Å². The average Bonchev–Trinajstić information content (AvgIpc) is 1.91. The smallest absolute Gasteiger partial charge is 0.124 e. The number of carbonyl (C=O) groups excluding carboxylic acids is 1. The minimum Gasteiger partial charge on any atom is -0.412 e. The van der Waals surface area contributed by atoms with Gasteiger partial charge in [-0.2, -0.15) is 0 Å². The summed E-state index contributed by atoms with van der Waals surface area (Å²) in [6.45, 7) is 0. The van der Waals surface area contributed by atoms with Gasteiger partial charge < -0.3 is 10.3 Å². The molecule has 1 aromatic rings. The molecular formula is C7H9NO2. The molecule has 0 unspecified atom stereocenters. The fourth-order valence-corrected chi connectivity index (χ4v) is 0.615. The Labute approximate surface area is 59.0 Å². The van der Waals surface area contributed by atoms with Crippen molar-refractivity contribution in [2.24, 2.45) is 0 Å². The molecule has 3 heteroatoms. The lowest BCUT2D eigenvalue weighted by Crippen LogP contribution is -1.83. The number of hydrogen-bond donors (Lipinski definition) is 0. The molecule has 1 heterocycles. The molecule has 1 rings (SSSR count). The topological polar surface area (TPSA) is 61.5 Å². The van der Waals surface area contributed by atoms with E-state index < -0.39 is 0 Å². The van der Waals surface area contributed by atoms with Crippen molar-refractivity contribution in [2.75, 3.05) is 0 Å². The molecule has 0 saturated heterocycles. The zero-order valence-corrected chi connectivity index (χ0v) is 5.45. The summed E-state index contributed by atoms with van der Waals surface area (Å²) in [5, 5.41) is 0. The van der Waals surface area contributed by atoms with Gasteiger partial charge in [-0.05, 0) is 17.7 Å². The first-order valence-electron chi connectivity index (χ1n) is 2.76. The molecule has 0 spiro atoms. The van der Waals surface area contributed by atoms with E-state index in [1.807, 2.05) is 12.1 Å². The van der Waals surface area contributed by atoms with Gasteiger partial charge in [0.05, 0.1) is 0 Å². The van der Waals surface area contributed by atoms with Crippen molar-refractivity contribution < 1.29 is 10.3 Å². The average molecular weight is 139 g/mol. The molecule has 3 nitrogen and oxygen atoms in total. The first-order chi connectivity index (χ1) is 4.43. The van der Waals surface area contributed by atoms with Crippen LogP contribution < -0.4 is 0 Å². The van der Waals surface area contributed by atoms with Crippen molar-refractivity contribution in [3.63, 3.8) is 0 Å². The van der Waals surface area contributed by atoms with E-state index in [1.54, 1.807) is 12.4 Å². The molecule has 0 bridgehead atoms. The number of hydrogen-bond acceptors (Lipinski definition) is 2. The van der Waals surface area contributed by atoms with Crippen LogP contribution in [0.2, 0.25) is 0 Å². The van der Waals surface area contributed by atoms with E-state index in [9.17, 15) is 4.79 Å². The molecule has 0 amide bonds. The van der Waals surface area contributed by atoms with Gasteiger partial charge in [-0.25, -0.2) is 0 Å². The first kappa shape index (κ1) is 8.78. The normalized spacial score (nSPS) is 8.00. The van der Waals surface area contributed by atoms with Crippen LogP contribution in [0.1, 0.15) is 5.56 Å². The number of rotatable bonds is 2. The number of pyridine rings is 1. The maximum atomic E-state index is 9.95. The number of aldehydes is 1. The standard InChI is InChI=1S/C7H7NO.H2O/c9-6-3-7-1-4-8-5-2-7;/h1-2,4-6H,3H2;1H2. The maximum Gasteiger partial charge on any atom is 0.124 e. The summed E-state index contributed by atoms with van der Waals surface area (Å²) in [7, 11) is 0. The summed E-state index contributed by atoms with van der Waals surface area (Å²) in [6.07, 6.45) is 4.73. The van der Waals surface area contributed by atoms with E-state index in [2.05, 4.69) is 4.98 Å². The molecule has 54 valence electrons. The molecule has 10 heavy (non-hydrogen) atoms. The molecule has 2 N–H and O–H groups in total. The zero-order chi connectivity index (χ0) is 6.53. The van der Waals surface area contributed by atoms with Gasteiger partial charge in [-0.3, -0.25) is 4.98 Å². The highest BCUT2D eigenvalue weighted by Crippen LogP contribution is 1.93. The Hall–Kier alpha value is -1.22. The highest BCUT2D eigenvalue weighted by molar-refractivity contribution is 5.54. The Kier molecular flexibility index (Phi) is 4.07. The lowest BCUT2D eigenvalue weighted by molar-refractivity contribution is -0.107. The van der Waals surface area contributed by atoms with Crippen LogP contribution in [0, 0.1) is 0 Å². The molecule has 0 aliphatic heterocycles. The van der Waals surface area contributed by atoms with E-state index in [0.29, 0.717) is 6.42 Å². The highest BCUT2D eigenvalue weighted by atomic mass is 16.1. The van der Waals surface area contributed by atoms with Gasteiger partial charge in [0, 0.05) is 18.8 Å². The van der Waals surface area contributed by atoms with Crippen LogP contribution in [0.4, 0.5) is 0 Å². The molecule has 0 aromatic carbocycles. The SMILES string of the molecule is O.O=CCc1ccncc1. The monoisotopic (exact) mass is 139 g/mol. The molecule has 0 radical (unpaired) electrons. The van der Waals surface area contributed by atoms with E-state index in [0.717, 1.165) is 11.8 Å². The summed E-state index contributed by atoms with van der Waals surface area (Å²) < 4.78 is 0. The van der Waals surface area contributed by atoms with E-state index >= 15 is 0 Å². The molecule has 0 fully saturated rings. The van der Waals surface area contributed by atoms with E-state index in [-0.39, 0.29) is 5.48 Å². The number of aromatic nitrogens is 1. The minimum atomic E-state index is 0. The zero-order valence-electron chi connectivity index (χ0n) is 5.45. The van der Waals surface area contributed by atoms with Crippen molar-refractivity contribution in [2.45, 2.75) is 6.42 Å². The predicted molar refractivity (Wildman–Crippen MR) is 37.6 cm³/mol. The second-order valence-corrected chi connectivity index (χ2v) is 1.73. The van der Waals surface area contributed by atoms with Crippen LogP contribution in [-0.4, -0.2) is 16.7 Å². The third-order valence-electron chi connectivity index (χ3n) is 1.07. The highest BCUT2D eigenvalue weighted by Gasteiger charge is 1.85. The summed E-state index contributed by atoms with van der Waals surface area (Å²) in [6, 6.07) is 3.66. The van der Waals surface area contributed by atoms with Gasteiger partial charge in [0.2, 0.25) is 0 Å². The van der Waals surface area contributed by atoms with E-state index in [4.69, 9.17) is 0 Å². The lowest BCUT2D eigenvalue weighted by Gasteiger charge is -1.88. The lowest BCUT2D eigenvalue weighted by atomic mass is 10.2. The third kappa shape index (κ3) is 2.37. The van der Waals surface area contributed by atoms with Gasteiger partial charge in [0.25, 0.3) is 0 Å². The Bertz CT molecular complexity index is 186. The van der Waals surface area contributed by atoms with E-state index in [1.165, 1.54) is 0 Å². The first-order valence-corrected chi connectivity index (χ1v) is 2.76. The molecule has 0 saturated carbocycles. The van der Waals surface area contributed by atoms with Crippen LogP contribution in [0.25, 0.3) is 0 Å². The van der Waals surface area contributed by atoms with Crippen molar-refractivity contribution in [1.29, 1.82) is 0 Å². The number of carbonyl (C=O) groups is 1. The minimum absolute atomic E-state index is 0. The van der Waals surface area contributed by atoms with Gasteiger partial charge in [-0.1, -0.05) is 0 Å². The quantitative estimate of drug-likeness (QED) is 0.541. The summed E-state index contributed by atoms with van der Waals surface area (Å²) in [4.78, 5) is 13.8. The Morgan fingerprint density at radius 2 is 2.00 bits per heavy atom. The molecular weight excluding hydrogens is 130 g/mol. The summed E-state index contributed by atoms with van der Waals surface area (Å²) in [5.74, 6) is 0. The second-order valence-electron chi connectivity index (χ2n) is 1.73. The van der Waals surface area contributed by atoms with Crippen LogP contribution in [-0.2, 0) is 11.2 Å². The molecule has 1 aromatic heterocycles. The predicted octanol–water partition coefficient (Wildman–Crippen LogP) is -0.00170.